The number of nitrogens with one attached hydrogen (secondary N) is 1. The molecule has 1 heterocycles. The van der Waals surface area contributed by atoms with E-state index in [2.05, 4.69) is 5.32 Å². The zero-order valence-electron chi connectivity index (χ0n) is 13.2. The number of amides is 1. The van der Waals surface area contributed by atoms with Gasteiger partial charge in [0.15, 0.2) is 6.29 Å². The third kappa shape index (κ3) is 4.49. The van der Waals surface area contributed by atoms with Gasteiger partial charge in [0.1, 0.15) is 24.4 Å². The van der Waals surface area contributed by atoms with Gasteiger partial charge in [-0.2, -0.15) is 0 Å². The summed E-state index contributed by atoms with van der Waals surface area (Å²) in [4.78, 5) is 11.4. The molecule has 1 aliphatic heterocycles. The summed E-state index contributed by atoms with van der Waals surface area (Å²) in [5.74, 6) is -0.288. The number of rotatable bonds is 6. The van der Waals surface area contributed by atoms with Crippen LogP contribution in [0, 0.1) is 0 Å². The zero-order chi connectivity index (χ0) is 16.8. The lowest BCUT2D eigenvalue weighted by atomic mass is 9.96. The molecule has 0 spiro atoms. The van der Waals surface area contributed by atoms with Gasteiger partial charge >= 0.3 is 0 Å². The van der Waals surface area contributed by atoms with Crippen LogP contribution >= 0.6 is 0 Å². The molecule has 128 valence electrons. The first-order valence-electron chi connectivity index (χ1n) is 7.46. The van der Waals surface area contributed by atoms with Crippen LogP contribution in [0.5, 0.6) is 0 Å². The van der Waals surface area contributed by atoms with Crippen LogP contribution in [0.4, 0.5) is 0 Å². The van der Waals surface area contributed by atoms with Crippen molar-refractivity contribution in [2.45, 2.75) is 44.2 Å². The Morgan fingerprint density at radius 2 is 2.04 bits per heavy atom. The molecular weight excluding hydrogens is 302 g/mol. The molecule has 1 saturated heterocycles. The molecule has 1 aromatic rings. The van der Waals surface area contributed by atoms with Crippen molar-refractivity contribution in [1.29, 1.82) is 0 Å². The number of ether oxygens (including phenoxy) is 3. The highest BCUT2D eigenvalue weighted by molar-refractivity contribution is 5.73. The first-order chi connectivity index (χ1) is 11.1. The SMILES string of the molecule is CO[C@@H]1[C@H](NC(C)=O)[C@@H](OCc2ccccc2)OC(CO)[C@H]1O. The van der Waals surface area contributed by atoms with E-state index in [1.165, 1.54) is 14.0 Å². The van der Waals surface area contributed by atoms with E-state index in [0.29, 0.717) is 0 Å². The van der Waals surface area contributed by atoms with Crippen molar-refractivity contribution in [2.75, 3.05) is 13.7 Å². The molecule has 3 N–H and O–H groups in total. The van der Waals surface area contributed by atoms with Crippen LogP contribution in [-0.4, -0.2) is 60.5 Å². The van der Waals surface area contributed by atoms with E-state index in [1.54, 1.807) is 0 Å². The van der Waals surface area contributed by atoms with Gasteiger partial charge in [0.2, 0.25) is 5.91 Å². The minimum Gasteiger partial charge on any atom is -0.394 e. The highest BCUT2D eigenvalue weighted by Gasteiger charge is 2.46. The number of hydrogen-bond donors (Lipinski definition) is 3. The highest BCUT2D eigenvalue weighted by atomic mass is 16.7. The Morgan fingerprint density at radius 3 is 2.61 bits per heavy atom. The number of aliphatic hydroxyl groups excluding tert-OH is 2. The van der Waals surface area contributed by atoms with E-state index in [-0.39, 0.29) is 19.1 Å². The van der Waals surface area contributed by atoms with E-state index in [9.17, 15) is 15.0 Å². The van der Waals surface area contributed by atoms with Crippen LogP contribution in [0.15, 0.2) is 30.3 Å². The molecule has 5 atom stereocenters. The maximum Gasteiger partial charge on any atom is 0.217 e. The molecule has 0 radical (unpaired) electrons. The standard InChI is InChI=1S/C16H23NO6/c1-10(19)17-13-15(21-2)14(20)12(8-18)23-16(13)22-9-11-6-4-3-5-7-11/h3-7,12-16,18,20H,8-9H2,1-2H3,(H,17,19)/t12?,13-,14+,15+,16-/m0/s1. The summed E-state index contributed by atoms with van der Waals surface area (Å²) < 4.78 is 16.6. The molecular formula is C16H23NO6. The molecule has 1 aromatic carbocycles. The number of hydrogen-bond acceptors (Lipinski definition) is 6. The van der Waals surface area contributed by atoms with Crippen molar-refractivity contribution < 1.29 is 29.2 Å². The number of benzene rings is 1. The summed E-state index contributed by atoms with van der Waals surface area (Å²) in [6, 6.07) is 8.82. The van der Waals surface area contributed by atoms with Crippen molar-refractivity contribution in [3.05, 3.63) is 35.9 Å². The second-order valence-electron chi connectivity index (χ2n) is 5.44. The molecule has 0 bridgehead atoms. The van der Waals surface area contributed by atoms with Gasteiger partial charge in [0.25, 0.3) is 0 Å². The molecule has 2 rings (SSSR count). The Labute approximate surface area is 135 Å². The average molecular weight is 325 g/mol. The first-order valence-corrected chi connectivity index (χ1v) is 7.46. The average Bonchev–Trinajstić information content (AvgIpc) is 2.55. The lowest BCUT2D eigenvalue weighted by molar-refractivity contribution is -0.277. The summed E-state index contributed by atoms with van der Waals surface area (Å²) in [5, 5.41) is 22.2. The Kier molecular flexibility index (Phi) is 6.49. The monoisotopic (exact) mass is 325 g/mol. The van der Waals surface area contributed by atoms with E-state index in [4.69, 9.17) is 14.2 Å². The first kappa shape index (κ1) is 17.8. The van der Waals surface area contributed by atoms with Crippen molar-refractivity contribution in [3.63, 3.8) is 0 Å². The van der Waals surface area contributed by atoms with Crippen LogP contribution in [0.25, 0.3) is 0 Å². The number of carbonyl (C=O) groups is 1. The van der Waals surface area contributed by atoms with Gasteiger partial charge in [0, 0.05) is 14.0 Å². The van der Waals surface area contributed by atoms with Gasteiger partial charge in [-0.3, -0.25) is 4.79 Å². The van der Waals surface area contributed by atoms with Crippen molar-refractivity contribution >= 4 is 5.91 Å². The van der Waals surface area contributed by atoms with Gasteiger partial charge in [-0.05, 0) is 5.56 Å². The molecule has 0 aromatic heterocycles. The Hall–Kier alpha value is -1.51. The lowest BCUT2D eigenvalue weighted by Gasteiger charge is -2.43. The van der Waals surface area contributed by atoms with E-state index in [1.807, 2.05) is 30.3 Å². The molecule has 1 unspecified atom stereocenters. The maximum atomic E-state index is 11.4. The molecule has 23 heavy (non-hydrogen) atoms. The van der Waals surface area contributed by atoms with Gasteiger partial charge in [-0.15, -0.1) is 0 Å². The molecule has 7 nitrogen and oxygen atoms in total. The van der Waals surface area contributed by atoms with E-state index in [0.717, 1.165) is 5.56 Å². The van der Waals surface area contributed by atoms with Gasteiger partial charge in [-0.1, -0.05) is 30.3 Å². The molecule has 1 amide bonds. The second-order valence-corrected chi connectivity index (χ2v) is 5.44. The topological polar surface area (TPSA) is 97.3 Å². The second kappa shape index (κ2) is 8.37. The number of aliphatic hydroxyl groups is 2. The minimum atomic E-state index is -1.07. The normalized spacial score (nSPS) is 30.9. The number of carbonyl (C=O) groups excluding carboxylic acids is 1. The molecule has 1 aliphatic rings. The summed E-state index contributed by atoms with van der Waals surface area (Å²) in [6.45, 7) is 1.26. The predicted octanol–water partition coefficient (Wildman–Crippen LogP) is -0.199. The Morgan fingerprint density at radius 1 is 1.35 bits per heavy atom. The van der Waals surface area contributed by atoms with Crippen LogP contribution in [0.1, 0.15) is 12.5 Å². The van der Waals surface area contributed by atoms with E-state index < -0.39 is 30.6 Å². The predicted molar refractivity (Wildman–Crippen MR) is 81.4 cm³/mol. The third-order valence-electron chi connectivity index (χ3n) is 3.75. The fourth-order valence-corrected chi connectivity index (χ4v) is 2.63. The van der Waals surface area contributed by atoms with Crippen LogP contribution in [0.2, 0.25) is 0 Å². The summed E-state index contributed by atoms with van der Waals surface area (Å²) in [5.41, 5.74) is 0.943. The fraction of sp³-hybridized carbons (Fsp3) is 0.562. The molecule has 0 saturated carbocycles. The molecule has 7 heteroatoms. The van der Waals surface area contributed by atoms with Crippen molar-refractivity contribution in [1.82, 2.24) is 5.32 Å². The van der Waals surface area contributed by atoms with Gasteiger partial charge < -0.3 is 29.7 Å². The zero-order valence-corrected chi connectivity index (χ0v) is 13.2. The third-order valence-corrected chi connectivity index (χ3v) is 3.75. The van der Waals surface area contributed by atoms with Crippen LogP contribution in [-0.2, 0) is 25.6 Å². The summed E-state index contributed by atoms with van der Waals surface area (Å²) >= 11 is 0. The van der Waals surface area contributed by atoms with Crippen LogP contribution < -0.4 is 5.32 Å². The van der Waals surface area contributed by atoms with Crippen LogP contribution in [0.3, 0.4) is 0 Å². The highest BCUT2D eigenvalue weighted by Crippen LogP contribution is 2.25. The molecule has 0 aliphatic carbocycles. The van der Waals surface area contributed by atoms with Crippen molar-refractivity contribution in [2.24, 2.45) is 0 Å². The van der Waals surface area contributed by atoms with Gasteiger partial charge in [0.05, 0.1) is 13.2 Å². The minimum absolute atomic E-state index is 0.270. The molecule has 1 fully saturated rings. The van der Waals surface area contributed by atoms with Crippen molar-refractivity contribution in [3.8, 4) is 0 Å². The fourth-order valence-electron chi connectivity index (χ4n) is 2.63. The largest absolute Gasteiger partial charge is 0.394 e. The quantitative estimate of drug-likeness (QED) is 0.670. The Bertz CT molecular complexity index is 497. The summed E-state index contributed by atoms with van der Waals surface area (Å²) in [6.07, 6.45) is -3.50. The van der Waals surface area contributed by atoms with E-state index >= 15 is 0 Å². The van der Waals surface area contributed by atoms with Gasteiger partial charge in [-0.25, -0.2) is 0 Å². The number of methoxy groups -OCH3 is 1. The Balaban J connectivity index is 2.12. The maximum absolute atomic E-state index is 11.4. The smallest absolute Gasteiger partial charge is 0.217 e. The summed E-state index contributed by atoms with van der Waals surface area (Å²) in [7, 11) is 1.43. The lowest BCUT2D eigenvalue weighted by Crippen LogP contribution is -2.65.